The van der Waals surface area contributed by atoms with E-state index in [9.17, 15) is 19.5 Å². The molecule has 2 heterocycles. The molecule has 2 aromatic rings. The van der Waals surface area contributed by atoms with E-state index in [2.05, 4.69) is 5.32 Å². The molecule has 0 saturated carbocycles. The summed E-state index contributed by atoms with van der Waals surface area (Å²) in [5, 5.41) is 12.5. The second-order valence-electron chi connectivity index (χ2n) is 8.53. The predicted octanol–water partition coefficient (Wildman–Crippen LogP) is 3.08. The number of aliphatic carboxylic acids is 1. The molecular formula is C23H29NO7S. The Morgan fingerprint density at radius 3 is 2.72 bits per heavy atom. The Hall–Kier alpha value is -2.68. The molecule has 2 N–H and O–H groups in total. The van der Waals surface area contributed by atoms with E-state index in [1.54, 1.807) is 13.0 Å². The Balaban J connectivity index is 2.00. The van der Waals surface area contributed by atoms with Crippen molar-refractivity contribution in [3.63, 3.8) is 0 Å². The van der Waals surface area contributed by atoms with E-state index in [1.807, 2.05) is 20.1 Å². The van der Waals surface area contributed by atoms with Crippen molar-refractivity contribution in [1.82, 2.24) is 5.32 Å². The van der Waals surface area contributed by atoms with Crippen molar-refractivity contribution in [2.75, 3.05) is 19.1 Å². The summed E-state index contributed by atoms with van der Waals surface area (Å²) < 4.78 is 17.3. The number of carbonyl (C=O) groups is 2. The molecule has 174 valence electrons. The summed E-state index contributed by atoms with van der Waals surface area (Å²) >= 11 is 1.50. The lowest BCUT2D eigenvalue weighted by Gasteiger charge is -2.33. The van der Waals surface area contributed by atoms with Crippen LogP contribution in [0, 0.1) is 6.92 Å². The maximum atomic E-state index is 12.8. The summed E-state index contributed by atoms with van der Waals surface area (Å²) in [6, 6.07) is 0.781. The molecule has 1 aliphatic heterocycles. The first-order chi connectivity index (χ1) is 15.1. The zero-order valence-electron chi connectivity index (χ0n) is 19.0. The molecule has 1 aromatic carbocycles. The molecule has 9 heteroatoms. The molecule has 1 atom stereocenters. The highest BCUT2D eigenvalue weighted by Gasteiger charge is 2.31. The first kappa shape index (κ1) is 24.0. The van der Waals surface area contributed by atoms with Crippen molar-refractivity contribution in [3.05, 3.63) is 33.2 Å². The highest BCUT2D eigenvalue weighted by atomic mass is 32.2. The van der Waals surface area contributed by atoms with Crippen molar-refractivity contribution in [2.45, 2.75) is 58.1 Å². The smallest absolute Gasteiger partial charge is 0.340 e. The highest BCUT2D eigenvalue weighted by molar-refractivity contribution is 7.98. The fourth-order valence-corrected chi connectivity index (χ4v) is 4.42. The van der Waals surface area contributed by atoms with E-state index in [-0.39, 0.29) is 17.6 Å². The number of ether oxygens (including phenoxy) is 2. The maximum Gasteiger partial charge on any atom is 0.340 e. The van der Waals surface area contributed by atoms with Crippen molar-refractivity contribution < 1.29 is 28.6 Å². The average molecular weight is 464 g/mol. The zero-order valence-corrected chi connectivity index (χ0v) is 19.8. The first-order valence-electron chi connectivity index (χ1n) is 10.4. The number of hydrogen-bond acceptors (Lipinski definition) is 7. The molecule has 0 aliphatic carbocycles. The number of fused-ring (bicyclic) bond motifs is 3. The molecule has 0 unspecified atom stereocenters. The van der Waals surface area contributed by atoms with Crippen LogP contribution in [0.1, 0.15) is 43.4 Å². The molecule has 1 aliphatic rings. The van der Waals surface area contributed by atoms with Crippen LogP contribution in [0.5, 0.6) is 11.5 Å². The van der Waals surface area contributed by atoms with Crippen molar-refractivity contribution in [2.24, 2.45) is 0 Å². The van der Waals surface area contributed by atoms with Crippen LogP contribution in [0.2, 0.25) is 0 Å². The standard InChI is InChI=1S/C23H29NO7S/c1-12-14(10-18(25)24-15(21(26)27)7-9-32-5)22(28)30-20-13-6-8-23(2,3)31-16(13)11-17(29-4)19(12)20/h11,15H,6-10H2,1-5H3,(H,24,25)(H,26,27)/t15-/m0/s1. The average Bonchev–Trinajstić information content (AvgIpc) is 2.72. The van der Waals surface area contributed by atoms with Crippen LogP contribution in [0.3, 0.4) is 0 Å². The largest absolute Gasteiger partial charge is 0.496 e. The lowest BCUT2D eigenvalue weighted by atomic mass is 9.91. The number of benzene rings is 1. The van der Waals surface area contributed by atoms with Crippen molar-refractivity contribution in [1.29, 1.82) is 0 Å². The van der Waals surface area contributed by atoms with Crippen LogP contribution in [0.25, 0.3) is 11.0 Å². The second kappa shape index (κ2) is 9.44. The van der Waals surface area contributed by atoms with Crippen LogP contribution in [0.4, 0.5) is 0 Å². The molecule has 1 aromatic heterocycles. The second-order valence-corrected chi connectivity index (χ2v) is 9.52. The fraction of sp³-hybridized carbons (Fsp3) is 0.522. The maximum absolute atomic E-state index is 12.8. The van der Waals surface area contributed by atoms with Gasteiger partial charge in [-0.1, -0.05) is 0 Å². The van der Waals surface area contributed by atoms with E-state index in [1.165, 1.54) is 18.9 Å². The Kier molecular flexibility index (Phi) is 7.07. The van der Waals surface area contributed by atoms with E-state index in [0.717, 1.165) is 12.0 Å². The molecule has 0 fully saturated rings. The van der Waals surface area contributed by atoms with Gasteiger partial charge in [0.1, 0.15) is 28.7 Å². The molecule has 0 spiro atoms. The summed E-state index contributed by atoms with van der Waals surface area (Å²) in [5.41, 5.74) is 1.01. The van der Waals surface area contributed by atoms with Gasteiger partial charge in [-0.05, 0) is 57.6 Å². The van der Waals surface area contributed by atoms with Crippen LogP contribution in [0.15, 0.2) is 15.3 Å². The minimum Gasteiger partial charge on any atom is -0.496 e. The van der Waals surface area contributed by atoms with Gasteiger partial charge in [-0.15, -0.1) is 0 Å². The van der Waals surface area contributed by atoms with Gasteiger partial charge in [0.25, 0.3) is 0 Å². The Morgan fingerprint density at radius 1 is 1.38 bits per heavy atom. The summed E-state index contributed by atoms with van der Waals surface area (Å²) in [6.07, 6.45) is 3.32. The number of methoxy groups -OCH3 is 1. The number of carbonyl (C=O) groups excluding carboxylic acids is 1. The summed E-state index contributed by atoms with van der Waals surface area (Å²) in [7, 11) is 1.52. The Morgan fingerprint density at radius 2 is 2.09 bits per heavy atom. The third-order valence-electron chi connectivity index (χ3n) is 5.74. The molecule has 32 heavy (non-hydrogen) atoms. The third kappa shape index (κ3) is 4.87. The zero-order chi connectivity index (χ0) is 23.6. The van der Waals surface area contributed by atoms with E-state index < -0.39 is 23.5 Å². The van der Waals surface area contributed by atoms with Gasteiger partial charge in [-0.3, -0.25) is 4.79 Å². The van der Waals surface area contributed by atoms with Crippen molar-refractivity contribution in [3.8, 4) is 11.5 Å². The summed E-state index contributed by atoms with van der Waals surface area (Å²) in [6.45, 7) is 5.74. The fourth-order valence-electron chi connectivity index (χ4n) is 3.95. The van der Waals surface area contributed by atoms with Gasteiger partial charge in [-0.2, -0.15) is 11.8 Å². The van der Waals surface area contributed by atoms with Gasteiger partial charge in [-0.25, -0.2) is 9.59 Å². The van der Waals surface area contributed by atoms with Crippen LogP contribution in [-0.4, -0.2) is 47.7 Å². The van der Waals surface area contributed by atoms with E-state index in [0.29, 0.717) is 46.6 Å². The number of aryl methyl sites for hydroxylation is 2. The van der Waals surface area contributed by atoms with Gasteiger partial charge < -0.3 is 24.3 Å². The third-order valence-corrected chi connectivity index (χ3v) is 6.38. The molecular weight excluding hydrogens is 434 g/mol. The van der Waals surface area contributed by atoms with Gasteiger partial charge in [0, 0.05) is 11.6 Å². The number of carboxylic acid groups (broad SMARTS) is 1. The van der Waals surface area contributed by atoms with Gasteiger partial charge in [0.15, 0.2) is 0 Å². The number of nitrogens with one attached hydrogen (secondary N) is 1. The molecule has 3 rings (SSSR count). The van der Waals surface area contributed by atoms with Crippen LogP contribution < -0.4 is 20.4 Å². The minimum absolute atomic E-state index is 0.180. The molecule has 0 bridgehead atoms. The minimum atomic E-state index is -1.11. The van der Waals surface area contributed by atoms with Crippen molar-refractivity contribution >= 4 is 34.6 Å². The number of amides is 1. The monoisotopic (exact) mass is 463 g/mol. The van der Waals surface area contributed by atoms with Crippen LogP contribution >= 0.6 is 11.8 Å². The van der Waals surface area contributed by atoms with Gasteiger partial charge in [0.2, 0.25) is 5.91 Å². The lowest BCUT2D eigenvalue weighted by Crippen LogP contribution is -2.42. The number of carboxylic acids is 1. The van der Waals surface area contributed by atoms with Gasteiger partial charge >= 0.3 is 11.6 Å². The van der Waals surface area contributed by atoms with Gasteiger partial charge in [0.05, 0.1) is 24.5 Å². The number of rotatable bonds is 8. The quantitative estimate of drug-likeness (QED) is 0.574. The predicted molar refractivity (Wildman–Crippen MR) is 123 cm³/mol. The molecule has 1 amide bonds. The first-order valence-corrected chi connectivity index (χ1v) is 11.8. The lowest BCUT2D eigenvalue weighted by molar-refractivity contribution is -0.141. The Labute approximate surface area is 190 Å². The molecule has 8 nitrogen and oxygen atoms in total. The van der Waals surface area contributed by atoms with Crippen LogP contribution in [-0.2, 0) is 22.4 Å². The number of hydrogen-bond donors (Lipinski definition) is 2. The normalized spacial score (nSPS) is 15.5. The topological polar surface area (TPSA) is 115 Å². The molecule has 0 saturated heterocycles. The highest BCUT2D eigenvalue weighted by Crippen LogP contribution is 2.43. The molecule has 0 radical (unpaired) electrons. The summed E-state index contributed by atoms with van der Waals surface area (Å²) in [4.78, 5) is 36.9. The Bertz CT molecular complexity index is 1110. The summed E-state index contributed by atoms with van der Waals surface area (Å²) in [5.74, 6) is 0.0517. The van der Waals surface area contributed by atoms with E-state index in [4.69, 9.17) is 13.9 Å². The van der Waals surface area contributed by atoms with E-state index >= 15 is 0 Å². The number of thioether (sulfide) groups is 1. The SMILES string of the molecule is COc1cc2c(c3oc(=O)c(CC(=O)N[C@@H](CCSC)C(=O)O)c(C)c13)CCC(C)(C)O2.